The normalized spacial score (nSPS) is 12.8. The number of hydrogen-bond donors (Lipinski definition) is 1. The molecule has 0 radical (unpaired) electrons. The molecule has 0 unspecified atom stereocenters. The molecule has 25 heavy (non-hydrogen) atoms. The molecule has 0 aliphatic heterocycles. The molecule has 0 amide bonds. The maximum atomic E-state index is 6.25. The summed E-state index contributed by atoms with van der Waals surface area (Å²) in [5.41, 5.74) is 10.6. The number of hydrogen-bond acceptors (Lipinski definition) is 2. The van der Waals surface area contributed by atoms with Gasteiger partial charge in [0.05, 0.1) is 10.9 Å². The van der Waals surface area contributed by atoms with Crippen LogP contribution in [0.15, 0.2) is 83.9 Å². The molecule has 0 aliphatic carbocycles. The zero-order chi connectivity index (χ0) is 17.6. The maximum Gasteiger partial charge on any atom is 0.160 e. The second-order valence-corrected chi connectivity index (χ2v) is 7.31. The Labute approximate surface area is 157 Å². The van der Waals surface area contributed by atoms with Crippen LogP contribution in [0, 0.1) is 6.92 Å². The first kappa shape index (κ1) is 17.6. The summed E-state index contributed by atoms with van der Waals surface area (Å²) in [6.45, 7) is 2.04. The molecule has 1 atom stereocenters. The molecule has 4 heteroatoms. The molecule has 0 aromatic heterocycles. The number of thioether (sulfide) groups is 1. The Hall–Kier alpha value is -2.23. The molecular formula is C21H19ClN2S. The highest BCUT2D eigenvalue weighted by atomic mass is 35.5. The van der Waals surface area contributed by atoms with E-state index in [9.17, 15) is 0 Å². The van der Waals surface area contributed by atoms with Gasteiger partial charge in [-0.25, -0.2) is 4.99 Å². The van der Waals surface area contributed by atoms with Crippen molar-refractivity contribution in [1.82, 2.24) is 0 Å². The predicted molar refractivity (Wildman–Crippen MR) is 110 cm³/mol. The van der Waals surface area contributed by atoms with E-state index in [2.05, 4.69) is 17.1 Å². The summed E-state index contributed by atoms with van der Waals surface area (Å²) >= 11 is 7.58. The first-order chi connectivity index (χ1) is 12.1. The highest BCUT2D eigenvalue weighted by molar-refractivity contribution is 8.14. The lowest BCUT2D eigenvalue weighted by Crippen LogP contribution is -2.10. The van der Waals surface area contributed by atoms with E-state index in [1.54, 1.807) is 11.8 Å². The van der Waals surface area contributed by atoms with Crippen LogP contribution in [0.1, 0.15) is 21.9 Å². The lowest BCUT2D eigenvalue weighted by molar-refractivity contribution is 1.16. The number of benzene rings is 3. The SMILES string of the molecule is Cc1cccc(N=C(N)S[C@H](c2ccccc2)c2ccc(Cl)cc2)c1. The number of aliphatic imine (C=N–C) groups is 1. The fourth-order valence-electron chi connectivity index (χ4n) is 2.57. The van der Waals surface area contributed by atoms with E-state index < -0.39 is 0 Å². The Kier molecular flexibility index (Phi) is 5.79. The number of rotatable bonds is 4. The van der Waals surface area contributed by atoms with Crippen LogP contribution in [0.3, 0.4) is 0 Å². The van der Waals surface area contributed by atoms with Crippen molar-refractivity contribution in [3.8, 4) is 0 Å². The van der Waals surface area contributed by atoms with Gasteiger partial charge in [-0.1, -0.05) is 78.0 Å². The van der Waals surface area contributed by atoms with E-state index >= 15 is 0 Å². The molecule has 0 saturated carbocycles. The van der Waals surface area contributed by atoms with Gasteiger partial charge >= 0.3 is 0 Å². The van der Waals surface area contributed by atoms with Gasteiger partial charge in [0, 0.05) is 5.02 Å². The van der Waals surface area contributed by atoms with Crippen LogP contribution in [0.5, 0.6) is 0 Å². The van der Waals surface area contributed by atoms with Gasteiger partial charge in [0.1, 0.15) is 0 Å². The van der Waals surface area contributed by atoms with E-state index in [0.29, 0.717) is 5.17 Å². The minimum atomic E-state index is 0.0621. The van der Waals surface area contributed by atoms with Crippen molar-refractivity contribution in [2.75, 3.05) is 0 Å². The van der Waals surface area contributed by atoms with Crippen LogP contribution in [-0.4, -0.2) is 5.17 Å². The van der Waals surface area contributed by atoms with Crippen molar-refractivity contribution in [3.63, 3.8) is 0 Å². The largest absolute Gasteiger partial charge is 0.378 e. The van der Waals surface area contributed by atoms with Crippen LogP contribution in [0.4, 0.5) is 5.69 Å². The third-order valence-corrected chi connectivity index (χ3v) is 5.12. The molecular weight excluding hydrogens is 348 g/mol. The Balaban J connectivity index is 1.91. The number of nitrogens with zero attached hydrogens (tertiary/aromatic N) is 1. The molecule has 0 spiro atoms. The van der Waals surface area contributed by atoms with Crippen molar-refractivity contribution >= 4 is 34.2 Å². The zero-order valence-corrected chi connectivity index (χ0v) is 15.5. The Morgan fingerprint density at radius 3 is 2.28 bits per heavy atom. The molecule has 3 aromatic carbocycles. The van der Waals surface area contributed by atoms with Gasteiger partial charge < -0.3 is 5.73 Å². The van der Waals surface area contributed by atoms with Gasteiger partial charge in [0.15, 0.2) is 5.17 Å². The van der Waals surface area contributed by atoms with Gasteiger partial charge in [-0.3, -0.25) is 0 Å². The monoisotopic (exact) mass is 366 g/mol. The lowest BCUT2D eigenvalue weighted by atomic mass is 10.0. The molecule has 2 nitrogen and oxygen atoms in total. The summed E-state index contributed by atoms with van der Waals surface area (Å²) in [4.78, 5) is 4.56. The fourth-order valence-corrected chi connectivity index (χ4v) is 3.68. The standard InChI is InChI=1S/C21H19ClN2S/c1-15-6-5-9-19(14-15)24-21(23)25-20(16-7-3-2-4-8-16)17-10-12-18(22)13-11-17/h2-14,20H,1H3,(H2,23,24)/t20-/m1/s1. The number of halogens is 1. The van der Waals surface area contributed by atoms with Crippen LogP contribution in [0.2, 0.25) is 5.02 Å². The summed E-state index contributed by atoms with van der Waals surface area (Å²) in [5.74, 6) is 0. The van der Waals surface area contributed by atoms with Gasteiger partial charge in [0.2, 0.25) is 0 Å². The Bertz CT molecular complexity index is 861. The third kappa shape index (κ3) is 4.88. The quantitative estimate of drug-likeness (QED) is 0.446. The topological polar surface area (TPSA) is 38.4 Å². The molecule has 0 heterocycles. The van der Waals surface area contributed by atoms with Crippen LogP contribution in [0.25, 0.3) is 0 Å². The summed E-state index contributed by atoms with van der Waals surface area (Å²) in [5, 5.41) is 1.32. The van der Waals surface area contributed by atoms with Crippen LogP contribution in [-0.2, 0) is 0 Å². The van der Waals surface area contributed by atoms with Crippen molar-refractivity contribution in [1.29, 1.82) is 0 Å². The summed E-state index contributed by atoms with van der Waals surface area (Å²) in [7, 11) is 0. The average Bonchev–Trinajstić information content (AvgIpc) is 2.61. The maximum absolute atomic E-state index is 6.25. The number of amidine groups is 1. The van der Waals surface area contributed by atoms with E-state index in [0.717, 1.165) is 21.8 Å². The minimum absolute atomic E-state index is 0.0621. The van der Waals surface area contributed by atoms with Gasteiger partial charge in [-0.2, -0.15) is 0 Å². The molecule has 0 aliphatic rings. The average molecular weight is 367 g/mol. The molecule has 126 valence electrons. The first-order valence-corrected chi connectivity index (χ1v) is 9.25. The van der Waals surface area contributed by atoms with Gasteiger partial charge in [0.25, 0.3) is 0 Å². The lowest BCUT2D eigenvalue weighted by Gasteiger charge is -2.17. The highest BCUT2D eigenvalue weighted by Crippen LogP contribution is 2.36. The number of nitrogens with two attached hydrogens (primary N) is 1. The third-order valence-electron chi connectivity index (χ3n) is 3.75. The summed E-state index contributed by atoms with van der Waals surface area (Å²) in [6, 6.07) is 26.2. The molecule has 3 rings (SSSR count). The van der Waals surface area contributed by atoms with Crippen molar-refractivity contribution in [2.45, 2.75) is 12.2 Å². The molecule has 2 N–H and O–H groups in total. The van der Waals surface area contributed by atoms with E-state index in [1.807, 2.05) is 73.7 Å². The molecule has 0 bridgehead atoms. The van der Waals surface area contributed by atoms with E-state index in [-0.39, 0.29) is 5.25 Å². The summed E-state index contributed by atoms with van der Waals surface area (Å²) < 4.78 is 0. The summed E-state index contributed by atoms with van der Waals surface area (Å²) in [6.07, 6.45) is 0. The highest BCUT2D eigenvalue weighted by Gasteiger charge is 2.16. The van der Waals surface area contributed by atoms with E-state index in [1.165, 1.54) is 5.56 Å². The molecule has 3 aromatic rings. The molecule has 0 fully saturated rings. The Morgan fingerprint density at radius 1 is 0.920 bits per heavy atom. The first-order valence-electron chi connectivity index (χ1n) is 8.00. The van der Waals surface area contributed by atoms with Gasteiger partial charge in [-0.15, -0.1) is 0 Å². The second kappa shape index (κ2) is 8.24. The number of aryl methyl sites for hydroxylation is 1. The van der Waals surface area contributed by atoms with Crippen molar-refractivity contribution in [2.24, 2.45) is 10.7 Å². The fraction of sp³-hybridized carbons (Fsp3) is 0.0952. The smallest absolute Gasteiger partial charge is 0.160 e. The Morgan fingerprint density at radius 2 is 1.60 bits per heavy atom. The molecule has 0 saturated heterocycles. The van der Waals surface area contributed by atoms with Crippen molar-refractivity contribution in [3.05, 3.63) is 101 Å². The minimum Gasteiger partial charge on any atom is -0.378 e. The van der Waals surface area contributed by atoms with Crippen molar-refractivity contribution < 1.29 is 0 Å². The van der Waals surface area contributed by atoms with Gasteiger partial charge in [-0.05, 0) is 47.9 Å². The van der Waals surface area contributed by atoms with E-state index in [4.69, 9.17) is 17.3 Å². The second-order valence-electron chi connectivity index (χ2n) is 5.75. The van der Waals surface area contributed by atoms with Crippen LogP contribution < -0.4 is 5.73 Å². The van der Waals surface area contributed by atoms with Crippen LogP contribution >= 0.6 is 23.4 Å². The predicted octanol–water partition coefficient (Wildman–Crippen LogP) is 6.12. The zero-order valence-electron chi connectivity index (χ0n) is 13.9.